The molecule has 20 heavy (non-hydrogen) atoms. The van der Waals surface area contributed by atoms with Crippen molar-refractivity contribution in [3.63, 3.8) is 0 Å². The van der Waals surface area contributed by atoms with Gasteiger partial charge in [-0.2, -0.15) is 0 Å². The summed E-state index contributed by atoms with van der Waals surface area (Å²) < 4.78 is 2.07. The van der Waals surface area contributed by atoms with E-state index < -0.39 is 11.3 Å². The average Bonchev–Trinajstić information content (AvgIpc) is 2.36. The number of Topliss-reactive ketones (excluding diaryl/α,β-unsaturated/α-hetero) is 1. The van der Waals surface area contributed by atoms with Crippen LogP contribution in [0.1, 0.15) is 36.8 Å². The van der Waals surface area contributed by atoms with Crippen LogP contribution in [0.2, 0.25) is 0 Å². The second-order valence-electron chi connectivity index (χ2n) is 5.71. The molecule has 0 bridgehead atoms. The van der Waals surface area contributed by atoms with Crippen LogP contribution in [0.15, 0.2) is 15.3 Å². The summed E-state index contributed by atoms with van der Waals surface area (Å²) in [6, 6.07) is 1.48. The highest BCUT2D eigenvalue weighted by atomic mass is 79.9. The lowest BCUT2D eigenvalue weighted by Gasteiger charge is -2.17. The summed E-state index contributed by atoms with van der Waals surface area (Å²) in [6.07, 6.45) is 0. The van der Waals surface area contributed by atoms with Crippen LogP contribution in [0.5, 0.6) is 0 Å². The molecule has 0 saturated carbocycles. The molecular formula is C14H19BrN2O3. The summed E-state index contributed by atoms with van der Waals surface area (Å²) >= 11 is 3.30. The number of hydrogen-bond donors (Lipinski definition) is 1. The minimum absolute atomic E-state index is 0.0201. The molecule has 0 aromatic carbocycles. The number of hydrogen-bond acceptors (Lipinski definition) is 3. The molecule has 1 N–H and O–H groups in total. The Kier molecular flexibility index (Phi) is 4.91. The van der Waals surface area contributed by atoms with Gasteiger partial charge in [-0.05, 0) is 28.9 Å². The van der Waals surface area contributed by atoms with Gasteiger partial charge in [0, 0.05) is 22.6 Å². The Labute approximate surface area is 126 Å². The number of aromatic nitrogens is 1. The zero-order valence-electron chi connectivity index (χ0n) is 12.3. The van der Waals surface area contributed by atoms with E-state index in [2.05, 4.69) is 21.2 Å². The molecule has 110 valence electrons. The van der Waals surface area contributed by atoms with Gasteiger partial charge in [-0.15, -0.1) is 0 Å². The van der Waals surface area contributed by atoms with Crippen LogP contribution in [-0.2, 0) is 11.8 Å². The quantitative estimate of drug-likeness (QED) is 0.910. The third kappa shape index (κ3) is 3.56. The standard InChI is InChI=1S/C14H19BrN2O3/c1-8-10(15)6-9(13(20)17(8)5)12(19)16-7-11(18)14(2,3)4/h6H,7H2,1-5H3,(H,16,19). The molecule has 0 atom stereocenters. The molecule has 1 aromatic heterocycles. The first-order valence-electron chi connectivity index (χ1n) is 6.23. The predicted octanol–water partition coefficient (Wildman–Crippen LogP) is 1.80. The van der Waals surface area contributed by atoms with Gasteiger partial charge in [0.2, 0.25) is 0 Å². The Morgan fingerprint density at radius 2 is 1.90 bits per heavy atom. The van der Waals surface area contributed by atoms with Gasteiger partial charge in [0.1, 0.15) is 5.56 Å². The lowest BCUT2D eigenvalue weighted by atomic mass is 9.91. The molecule has 0 radical (unpaired) electrons. The van der Waals surface area contributed by atoms with Crippen molar-refractivity contribution in [2.24, 2.45) is 12.5 Å². The van der Waals surface area contributed by atoms with Crippen LogP contribution in [-0.4, -0.2) is 22.8 Å². The van der Waals surface area contributed by atoms with E-state index in [0.717, 1.165) is 5.69 Å². The third-order valence-electron chi connectivity index (χ3n) is 3.15. The van der Waals surface area contributed by atoms with Crippen molar-refractivity contribution in [2.75, 3.05) is 6.54 Å². The Hall–Kier alpha value is -1.43. The molecule has 0 unspecified atom stereocenters. The SMILES string of the molecule is Cc1c(Br)cc(C(=O)NCC(=O)C(C)(C)C)c(=O)n1C. The van der Waals surface area contributed by atoms with E-state index in [1.165, 1.54) is 10.6 Å². The first-order chi connectivity index (χ1) is 9.05. The Balaban J connectivity index is 2.96. The van der Waals surface area contributed by atoms with Crippen molar-refractivity contribution < 1.29 is 9.59 Å². The van der Waals surface area contributed by atoms with Gasteiger partial charge in [0.05, 0.1) is 6.54 Å². The van der Waals surface area contributed by atoms with Crippen molar-refractivity contribution in [2.45, 2.75) is 27.7 Å². The van der Waals surface area contributed by atoms with E-state index in [4.69, 9.17) is 0 Å². The fourth-order valence-corrected chi connectivity index (χ4v) is 1.96. The minimum Gasteiger partial charge on any atom is -0.345 e. The number of amides is 1. The van der Waals surface area contributed by atoms with E-state index >= 15 is 0 Å². The number of nitrogens with one attached hydrogen (secondary N) is 1. The van der Waals surface area contributed by atoms with Crippen LogP contribution in [0.3, 0.4) is 0 Å². The van der Waals surface area contributed by atoms with Gasteiger partial charge < -0.3 is 9.88 Å². The van der Waals surface area contributed by atoms with Crippen LogP contribution in [0.25, 0.3) is 0 Å². The normalized spacial score (nSPS) is 11.3. The maximum absolute atomic E-state index is 12.0. The monoisotopic (exact) mass is 342 g/mol. The van der Waals surface area contributed by atoms with Gasteiger partial charge >= 0.3 is 0 Å². The highest BCUT2D eigenvalue weighted by Crippen LogP contribution is 2.15. The molecule has 0 saturated heterocycles. The summed E-state index contributed by atoms with van der Waals surface area (Å²) in [5.41, 5.74) is -0.151. The first-order valence-corrected chi connectivity index (χ1v) is 7.02. The lowest BCUT2D eigenvalue weighted by molar-refractivity contribution is -0.125. The summed E-state index contributed by atoms with van der Waals surface area (Å²) in [5.74, 6) is -0.627. The van der Waals surface area contributed by atoms with Gasteiger partial charge in [0.15, 0.2) is 5.78 Å². The number of carbonyl (C=O) groups is 2. The summed E-state index contributed by atoms with van der Waals surface area (Å²) in [5, 5.41) is 2.50. The van der Waals surface area contributed by atoms with Gasteiger partial charge in [-0.3, -0.25) is 14.4 Å². The molecule has 0 fully saturated rings. The van der Waals surface area contributed by atoms with Gasteiger partial charge in [-0.1, -0.05) is 20.8 Å². The molecular weight excluding hydrogens is 324 g/mol. The molecule has 1 rings (SSSR count). The number of rotatable bonds is 3. The Morgan fingerprint density at radius 1 is 1.35 bits per heavy atom. The van der Waals surface area contributed by atoms with E-state index in [-0.39, 0.29) is 23.5 Å². The number of pyridine rings is 1. The van der Waals surface area contributed by atoms with Crippen molar-refractivity contribution in [3.8, 4) is 0 Å². The van der Waals surface area contributed by atoms with Crippen molar-refractivity contribution in [1.29, 1.82) is 0 Å². The average molecular weight is 343 g/mol. The van der Waals surface area contributed by atoms with Crippen LogP contribution >= 0.6 is 15.9 Å². The number of halogens is 1. The van der Waals surface area contributed by atoms with Crippen molar-refractivity contribution in [3.05, 3.63) is 32.2 Å². The maximum Gasteiger partial charge on any atom is 0.263 e. The maximum atomic E-state index is 12.0. The number of carbonyl (C=O) groups excluding carboxylic acids is 2. The molecule has 1 aromatic rings. The van der Waals surface area contributed by atoms with E-state index in [0.29, 0.717) is 4.47 Å². The van der Waals surface area contributed by atoms with Crippen LogP contribution in [0, 0.1) is 12.3 Å². The zero-order valence-corrected chi connectivity index (χ0v) is 13.9. The largest absolute Gasteiger partial charge is 0.345 e. The van der Waals surface area contributed by atoms with Crippen molar-refractivity contribution >= 4 is 27.6 Å². The molecule has 0 aliphatic carbocycles. The first kappa shape index (κ1) is 16.6. The van der Waals surface area contributed by atoms with E-state index in [1.54, 1.807) is 34.7 Å². The molecule has 5 nitrogen and oxygen atoms in total. The van der Waals surface area contributed by atoms with Crippen LogP contribution in [0.4, 0.5) is 0 Å². The summed E-state index contributed by atoms with van der Waals surface area (Å²) in [6.45, 7) is 7.03. The number of ketones is 1. The zero-order chi connectivity index (χ0) is 15.7. The van der Waals surface area contributed by atoms with Crippen LogP contribution < -0.4 is 10.9 Å². The predicted molar refractivity (Wildman–Crippen MR) is 80.9 cm³/mol. The topological polar surface area (TPSA) is 68.2 Å². The highest BCUT2D eigenvalue weighted by Gasteiger charge is 2.22. The highest BCUT2D eigenvalue weighted by molar-refractivity contribution is 9.10. The molecule has 0 aliphatic rings. The fraction of sp³-hybridized carbons (Fsp3) is 0.500. The van der Waals surface area contributed by atoms with Crippen molar-refractivity contribution in [1.82, 2.24) is 9.88 Å². The smallest absolute Gasteiger partial charge is 0.263 e. The third-order valence-corrected chi connectivity index (χ3v) is 3.95. The van der Waals surface area contributed by atoms with Gasteiger partial charge in [0.25, 0.3) is 11.5 Å². The Bertz CT molecular complexity index is 612. The lowest BCUT2D eigenvalue weighted by Crippen LogP contribution is -2.38. The van der Waals surface area contributed by atoms with Gasteiger partial charge in [-0.25, -0.2) is 0 Å². The minimum atomic E-state index is -0.538. The fourth-order valence-electron chi connectivity index (χ4n) is 1.47. The molecule has 0 aliphatic heterocycles. The Morgan fingerprint density at radius 3 is 2.40 bits per heavy atom. The second kappa shape index (κ2) is 5.91. The molecule has 0 spiro atoms. The second-order valence-corrected chi connectivity index (χ2v) is 6.57. The summed E-state index contributed by atoms with van der Waals surface area (Å²) in [4.78, 5) is 35.8. The number of nitrogens with zero attached hydrogens (tertiary/aromatic N) is 1. The molecule has 1 amide bonds. The summed E-state index contributed by atoms with van der Waals surface area (Å²) in [7, 11) is 1.60. The molecule has 1 heterocycles. The molecule has 6 heteroatoms. The van der Waals surface area contributed by atoms with E-state index in [9.17, 15) is 14.4 Å². The van der Waals surface area contributed by atoms with E-state index in [1.807, 2.05) is 0 Å².